The summed E-state index contributed by atoms with van der Waals surface area (Å²) in [7, 11) is -4.26. The molecule has 1 fully saturated rings. The van der Waals surface area contributed by atoms with Gasteiger partial charge in [-0.3, -0.25) is 10.1 Å². The molecule has 20 heavy (non-hydrogen) atoms. The number of nitrogens with zero attached hydrogens (tertiary/aromatic N) is 2. The first-order valence-corrected chi connectivity index (χ1v) is 6.99. The van der Waals surface area contributed by atoms with Crippen molar-refractivity contribution < 1.29 is 26.9 Å². The lowest BCUT2D eigenvalue weighted by atomic mass is 10.3. The van der Waals surface area contributed by atoms with E-state index in [0.29, 0.717) is 6.07 Å². The maximum absolute atomic E-state index is 13.6. The van der Waals surface area contributed by atoms with Crippen molar-refractivity contribution in [3.8, 4) is 0 Å². The SMILES string of the molecule is O=[N+]([O-])c1cc(S(=O)(=O)N2CCOCC2)c(F)cc1F. The molecule has 0 aliphatic carbocycles. The van der Waals surface area contributed by atoms with Crippen molar-refractivity contribution in [3.63, 3.8) is 0 Å². The summed E-state index contributed by atoms with van der Waals surface area (Å²) in [6.07, 6.45) is 0. The summed E-state index contributed by atoms with van der Waals surface area (Å²) in [5.74, 6) is -2.78. The van der Waals surface area contributed by atoms with Gasteiger partial charge in [0, 0.05) is 25.2 Å². The van der Waals surface area contributed by atoms with Crippen LogP contribution in [0.25, 0.3) is 0 Å². The van der Waals surface area contributed by atoms with Gasteiger partial charge in [-0.1, -0.05) is 0 Å². The van der Waals surface area contributed by atoms with Crippen molar-refractivity contribution in [1.82, 2.24) is 4.31 Å². The maximum Gasteiger partial charge on any atom is 0.306 e. The monoisotopic (exact) mass is 308 g/mol. The van der Waals surface area contributed by atoms with Crippen LogP contribution in [-0.2, 0) is 14.8 Å². The minimum atomic E-state index is -4.26. The molecule has 1 aromatic carbocycles. The third-order valence-electron chi connectivity index (χ3n) is 2.79. The van der Waals surface area contributed by atoms with Crippen LogP contribution >= 0.6 is 0 Å². The van der Waals surface area contributed by atoms with E-state index >= 15 is 0 Å². The summed E-state index contributed by atoms with van der Waals surface area (Å²) in [5.41, 5.74) is -1.08. The first-order valence-electron chi connectivity index (χ1n) is 5.55. The number of morpholine rings is 1. The Morgan fingerprint density at radius 2 is 1.80 bits per heavy atom. The molecule has 0 aromatic heterocycles. The lowest BCUT2D eigenvalue weighted by Gasteiger charge is -2.26. The van der Waals surface area contributed by atoms with E-state index in [1.807, 2.05) is 0 Å². The van der Waals surface area contributed by atoms with Crippen LogP contribution in [0.4, 0.5) is 14.5 Å². The Hall–Kier alpha value is -1.65. The summed E-state index contributed by atoms with van der Waals surface area (Å²) in [4.78, 5) is 8.59. The average Bonchev–Trinajstić information content (AvgIpc) is 2.39. The van der Waals surface area contributed by atoms with E-state index in [2.05, 4.69) is 0 Å². The van der Waals surface area contributed by atoms with Gasteiger partial charge >= 0.3 is 5.69 Å². The quantitative estimate of drug-likeness (QED) is 0.611. The second-order valence-corrected chi connectivity index (χ2v) is 5.91. The van der Waals surface area contributed by atoms with Crippen LogP contribution in [0.5, 0.6) is 0 Å². The van der Waals surface area contributed by atoms with Gasteiger partial charge in [-0.15, -0.1) is 0 Å². The minimum Gasteiger partial charge on any atom is -0.379 e. The molecular weight excluding hydrogens is 298 g/mol. The number of halogens is 2. The van der Waals surface area contributed by atoms with Gasteiger partial charge in [-0.05, 0) is 0 Å². The zero-order valence-electron chi connectivity index (χ0n) is 10.1. The van der Waals surface area contributed by atoms with E-state index in [1.165, 1.54) is 0 Å². The van der Waals surface area contributed by atoms with Crippen LogP contribution in [0.2, 0.25) is 0 Å². The number of hydrogen-bond donors (Lipinski definition) is 0. The van der Waals surface area contributed by atoms with E-state index < -0.39 is 37.2 Å². The Balaban J connectivity index is 2.50. The molecule has 0 spiro atoms. The number of sulfonamides is 1. The summed E-state index contributed by atoms with van der Waals surface area (Å²) < 4.78 is 57.1. The van der Waals surface area contributed by atoms with Gasteiger partial charge in [0.25, 0.3) is 0 Å². The standard InChI is InChI=1S/C10H10F2N2O5S/c11-7-5-8(12)10(6-9(7)14(15)16)20(17,18)13-1-3-19-4-2-13/h5-6H,1-4H2. The number of hydrogen-bond acceptors (Lipinski definition) is 5. The average molecular weight is 308 g/mol. The highest BCUT2D eigenvalue weighted by molar-refractivity contribution is 7.89. The van der Waals surface area contributed by atoms with Gasteiger partial charge in [0.1, 0.15) is 10.7 Å². The molecule has 0 N–H and O–H groups in total. The van der Waals surface area contributed by atoms with Crippen LogP contribution < -0.4 is 0 Å². The third kappa shape index (κ3) is 2.62. The Morgan fingerprint density at radius 1 is 1.20 bits per heavy atom. The molecule has 10 heteroatoms. The summed E-state index contributed by atoms with van der Waals surface area (Å²) >= 11 is 0. The summed E-state index contributed by atoms with van der Waals surface area (Å²) in [6.45, 7) is 0.300. The topological polar surface area (TPSA) is 89.8 Å². The number of nitro groups is 1. The van der Waals surface area contributed by atoms with Crippen LogP contribution in [0.1, 0.15) is 0 Å². The van der Waals surface area contributed by atoms with Crippen molar-refractivity contribution in [2.75, 3.05) is 26.3 Å². The number of benzene rings is 1. The molecule has 0 amide bonds. The molecule has 1 aliphatic rings. The van der Waals surface area contributed by atoms with Crippen molar-refractivity contribution in [2.24, 2.45) is 0 Å². The van der Waals surface area contributed by atoms with Gasteiger partial charge in [-0.25, -0.2) is 12.8 Å². The zero-order chi connectivity index (χ0) is 14.9. The molecule has 1 aliphatic heterocycles. The summed E-state index contributed by atoms with van der Waals surface area (Å²) in [5, 5.41) is 10.6. The highest BCUT2D eigenvalue weighted by atomic mass is 32.2. The maximum atomic E-state index is 13.6. The molecular formula is C10H10F2N2O5S. The van der Waals surface area contributed by atoms with Crippen LogP contribution in [-0.4, -0.2) is 43.9 Å². The number of rotatable bonds is 3. The van der Waals surface area contributed by atoms with Gasteiger partial charge < -0.3 is 4.74 Å². The molecule has 0 saturated carbocycles. The lowest BCUT2D eigenvalue weighted by Crippen LogP contribution is -2.40. The van der Waals surface area contributed by atoms with Gasteiger partial charge in [-0.2, -0.15) is 8.70 Å². The Labute approximate surface area is 113 Å². The molecule has 1 heterocycles. The van der Waals surface area contributed by atoms with Gasteiger partial charge in [0.05, 0.1) is 18.1 Å². The molecule has 2 rings (SSSR count). The molecule has 110 valence electrons. The second kappa shape index (κ2) is 5.38. The molecule has 7 nitrogen and oxygen atoms in total. The Kier molecular flexibility index (Phi) is 3.97. The van der Waals surface area contributed by atoms with E-state index in [-0.39, 0.29) is 32.4 Å². The number of nitro benzene ring substituents is 1. The van der Waals surface area contributed by atoms with Crippen LogP contribution in [0.15, 0.2) is 17.0 Å². The molecule has 0 bridgehead atoms. The fourth-order valence-corrected chi connectivity index (χ4v) is 3.26. The van der Waals surface area contributed by atoms with E-state index in [4.69, 9.17) is 4.74 Å². The van der Waals surface area contributed by atoms with Crippen molar-refractivity contribution in [3.05, 3.63) is 33.9 Å². The first-order chi connectivity index (χ1) is 9.34. The van der Waals surface area contributed by atoms with Gasteiger partial charge in [0.15, 0.2) is 0 Å². The van der Waals surface area contributed by atoms with Gasteiger partial charge in [0.2, 0.25) is 15.8 Å². The highest BCUT2D eigenvalue weighted by Gasteiger charge is 2.32. The van der Waals surface area contributed by atoms with Crippen LogP contribution in [0.3, 0.4) is 0 Å². The fourth-order valence-electron chi connectivity index (χ4n) is 1.78. The predicted molar refractivity (Wildman–Crippen MR) is 62.6 cm³/mol. The molecule has 1 aromatic rings. The predicted octanol–water partition coefficient (Wildman–Crippen LogP) is 0.894. The zero-order valence-corrected chi connectivity index (χ0v) is 10.9. The van der Waals surface area contributed by atoms with E-state index in [0.717, 1.165) is 4.31 Å². The molecule has 0 radical (unpaired) electrons. The van der Waals surface area contributed by atoms with Crippen molar-refractivity contribution in [2.45, 2.75) is 4.90 Å². The molecule has 0 unspecified atom stereocenters. The molecule has 0 atom stereocenters. The lowest BCUT2D eigenvalue weighted by molar-refractivity contribution is -0.387. The van der Waals surface area contributed by atoms with E-state index in [9.17, 15) is 27.3 Å². The van der Waals surface area contributed by atoms with Crippen LogP contribution in [0, 0.1) is 21.7 Å². The fraction of sp³-hybridized carbons (Fsp3) is 0.400. The third-order valence-corrected chi connectivity index (χ3v) is 4.70. The van der Waals surface area contributed by atoms with Crippen molar-refractivity contribution >= 4 is 15.7 Å². The largest absolute Gasteiger partial charge is 0.379 e. The van der Waals surface area contributed by atoms with E-state index in [1.54, 1.807) is 0 Å². The van der Waals surface area contributed by atoms with Crippen molar-refractivity contribution in [1.29, 1.82) is 0 Å². The Morgan fingerprint density at radius 3 is 2.35 bits per heavy atom. The first kappa shape index (κ1) is 14.8. The minimum absolute atomic E-state index is 0.00689. The smallest absolute Gasteiger partial charge is 0.306 e. The second-order valence-electron chi connectivity index (χ2n) is 4.01. The number of ether oxygens (including phenoxy) is 1. The Bertz CT molecular complexity index is 643. The highest BCUT2D eigenvalue weighted by Crippen LogP contribution is 2.27. The normalized spacial score (nSPS) is 17.1. The summed E-state index contributed by atoms with van der Waals surface area (Å²) in [6, 6.07) is 0.598. The molecule has 1 saturated heterocycles.